The van der Waals surface area contributed by atoms with Gasteiger partial charge in [0.1, 0.15) is 6.04 Å². The number of benzene rings is 3. The molecule has 0 radical (unpaired) electrons. The Kier molecular flexibility index (Phi) is 9.58. The number of hydrogen-bond donors (Lipinski definition) is 1. The summed E-state index contributed by atoms with van der Waals surface area (Å²) in [7, 11) is 0. The van der Waals surface area contributed by atoms with Crippen LogP contribution in [0.15, 0.2) is 89.8 Å². The molecule has 4 nitrogen and oxygen atoms in total. The fraction of sp³-hybridized carbons (Fsp3) is 0.286. The van der Waals surface area contributed by atoms with Crippen LogP contribution in [0.2, 0.25) is 0 Å². The largest absolute Gasteiger partial charge is 0.354 e. The summed E-state index contributed by atoms with van der Waals surface area (Å²) in [6.07, 6.45) is 1.32. The number of carbonyl (C=O) groups is 2. The van der Waals surface area contributed by atoms with E-state index in [2.05, 4.69) is 11.4 Å². The first-order chi connectivity index (χ1) is 16.1. The molecule has 1 atom stereocenters. The van der Waals surface area contributed by atoms with Gasteiger partial charge in [0.15, 0.2) is 0 Å². The van der Waals surface area contributed by atoms with Crippen molar-refractivity contribution >= 4 is 23.6 Å². The topological polar surface area (TPSA) is 49.4 Å². The van der Waals surface area contributed by atoms with Gasteiger partial charge < -0.3 is 10.2 Å². The van der Waals surface area contributed by atoms with E-state index in [0.717, 1.165) is 28.0 Å². The average Bonchev–Trinajstić information content (AvgIpc) is 2.84. The SMILES string of the molecule is CCCNC(=O)C(Cc1ccccc1)N(Cc1cccc(C)c1)C(=O)CSc1ccccc1. The highest BCUT2D eigenvalue weighted by Crippen LogP contribution is 2.21. The minimum absolute atomic E-state index is 0.0436. The Hall–Kier alpha value is -3.05. The molecular formula is C28H32N2O2S. The molecule has 1 unspecified atom stereocenters. The van der Waals surface area contributed by atoms with Crippen molar-refractivity contribution in [1.82, 2.24) is 10.2 Å². The maximum Gasteiger partial charge on any atom is 0.243 e. The predicted octanol–water partition coefficient (Wildman–Crippen LogP) is 5.25. The van der Waals surface area contributed by atoms with E-state index in [-0.39, 0.29) is 17.6 Å². The van der Waals surface area contributed by atoms with Gasteiger partial charge in [0, 0.05) is 24.4 Å². The third-order valence-corrected chi connectivity index (χ3v) is 6.36. The van der Waals surface area contributed by atoms with Gasteiger partial charge in [0.05, 0.1) is 5.75 Å². The van der Waals surface area contributed by atoms with E-state index in [1.807, 2.05) is 92.7 Å². The number of nitrogens with one attached hydrogen (secondary N) is 1. The van der Waals surface area contributed by atoms with E-state index >= 15 is 0 Å². The van der Waals surface area contributed by atoms with Gasteiger partial charge in [0.25, 0.3) is 0 Å². The number of carbonyl (C=O) groups excluding carboxylic acids is 2. The van der Waals surface area contributed by atoms with Gasteiger partial charge >= 0.3 is 0 Å². The molecule has 3 aromatic rings. The summed E-state index contributed by atoms with van der Waals surface area (Å²) in [5.41, 5.74) is 3.19. The van der Waals surface area contributed by atoms with Gasteiger partial charge in [-0.1, -0.05) is 85.3 Å². The van der Waals surface area contributed by atoms with Crippen LogP contribution < -0.4 is 5.32 Å². The Balaban J connectivity index is 1.88. The third-order valence-electron chi connectivity index (χ3n) is 5.36. The lowest BCUT2D eigenvalue weighted by Gasteiger charge is -2.31. The summed E-state index contributed by atoms with van der Waals surface area (Å²) < 4.78 is 0. The molecular weight excluding hydrogens is 428 g/mol. The van der Waals surface area contributed by atoms with Crippen LogP contribution in [0.4, 0.5) is 0 Å². The molecule has 0 aliphatic rings. The maximum absolute atomic E-state index is 13.5. The first kappa shape index (κ1) is 24.6. The molecule has 3 aromatic carbocycles. The standard InChI is InChI=1S/C28H32N2O2S/c1-3-17-29-28(32)26(19-23-12-6-4-7-13-23)30(20-24-14-10-11-22(2)18-24)27(31)21-33-25-15-8-5-9-16-25/h4-16,18,26H,3,17,19-21H2,1-2H3,(H,29,32). The second-order valence-corrected chi connectivity index (χ2v) is 9.16. The van der Waals surface area contributed by atoms with E-state index in [4.69, 9.17) is 0 Å². The highest BCUT2D eigenvalue weighted by atomic mass is 32.2. The zero-order valence-electron chi connectivity index (χ0n) is 19.4. The first-order valence-electron chi connectivity index (χ1n) is 11.4. The van der Waals surface area contributed by atoms with Crippen LogP contribution in [0.5, 0.6) is 0 Å². The monoisotopic (exact) mass is 460 g/mol. The molecule has 0 heterocycles. The molecule has 3 rings (SSSR count). The number of aryl methyl sites for hydroxylation is 1. The van der Waals surface area contributed by atoms with Crippen LogP contribution in [0.25, 0.3) is 0 Å². The smallest absolute Gasteiger partial charge is 0.243 e. The summed E-state index contributed by atoms with van der Waals surface area (Å²) >= 11 is 1.50. The normalized spacial score (nSPS) is 11.6. The van der Waals surface area contributed by atoms with Crippen molar-refractivity contribution in [2.45, 2.75) is 44.2 Å². The van der Waals surface area contributed by atoms with Crippen molar-refractivity contribution in [3.8, 4) is 0 Å². The Morgan fingerprint density at radius 2 is 1.58 bits per heavy atom. The van der Waals surface area contributed by atoms with E-state index in [9.17, 15) is 9.59 Å². The van der Waals surface area contributed by atoms with Crippen LogP contribution in [0.1, 0.15) is 30.0 Å². The molecule has 0 saturated heterocycles. The van der Waals surface area contributed by atoms with Crippen LogP contribution in [0, 0.1) is 6.92 Å². The number of amides is 2. The van der Waals surface area contributed by atoms with E-state index in [1.165, 1.54) is 11.8 Å². The van der Waals surface area contributed by atoms with Crippen molar-refractivity contribution in [1.29, 1.82) is 0 Å². The van der Waals surface area contributed by atoms with Gasteiger partial charge in [-0.25, -0.2) is 0 Å². The lowest BCUT2D eigenvalue weighted by atomic mass is 10.0. The minimum Gasteiger partial charge on any atom is -0.354 e. The molecule has 0 aliphatic carbocycles. The summed E-state index contributed by atoms with van der Waals surface area (Å²) in [6, 6.07) is 27.3. The van der Waals surface area contributed by atoms with Crippen LogP contribution in [0.3, 0.4) is 0 Å². The number of thioether (sulfide) groups is 1. The van der Waals surface area contributed by atoms with Crippen LogP contribution in [-0.2, 0) is 22.6 Å². The molecule has 0 aliphatic heterocycles. The first-order valence-corrected chi connectivity index (χ1v) is 12.4. The van der Waals surface area contributed by atoms with Gasteiger partial charge in [-0.3, -0.25) is 9.59 Å². The lowest BCUT2D eigenvalue weighted by molar-refractivity contribution is -0.139. The van der Waals surface area contributed by atoms with Crippen LogP contribution >= 0.6 is 11.8 Å². The number of nitrogens with zero attached hydrogens (tertiary/aromatic N) is 1. The molecule has 0 aromatic heterocycles. The minimum atomic E-state index is -0.580. The Bertz CT molecular complexity index is 1020. The Morgan fingerprint density at radius 1 is 0.909 bits per heavy atom. The molecule has 5 heteroatoms. The van der Waals surface area contributed by atoms with E-state index in [0.29, 0.717) is 19.5 Å². The fourth-order valence-electron chi connectivity index (χ4n) is 3.67. The van der Waals surface area contributed by atoms with Crippen molar-refractivity contribution < 1.29 is 9.59 Å². The lowest BCUT2D eigenvalue weighted by Crippen LogP contribution is -2.51. The zero-order valence-corrected chi connectivity index (χ0v) is 20.2. The van der Waals surface area contributed by atoms with Gasteiger partial charge in [-0.05, 0) is 36.6 Å². The average molecular weight is 461 g/mol. The predicted molar refractivity (Wildman–Crippen MR) is 136 cm³/mol. The third kappa shape index (κ3) is 7.79. The summed E-state index contributed by atoms with van der Waals surface area (Å²) in [5.74, 6) is 0.131. The second-order valence-electron chi connectivity index (χ2n) is 8.11. The van der Waals surface area contributed by atoms with Gasteiger partial charge in [-0.2, -0.15) is 0 Å². The number of hydrogen-bond acceptors (Lipinski definition) is 3. The second kappa shape index (κ2) is 12.9. The molecule has 0 spiro atoms. The van der Waals surface area contributed by atoms with E-state index in [1.54, 1.807) is 4.90 Å². The molecule has 0 saturated carbocycles. The van der Waals surface area contributed by atoms with Gasteiger partial charge in [-0.15, -0.1) is 11.8 Å². The molecule has 33 heavy (non-hydrogen) atoms. The van der Waals surface area contributed by atoms with Crippen molar-refractivity contribution in [2.24, 2.45) is 0 Å². The van der Waals surface area contributed by atoms with E-state index < -0.39 is 6.04 Å². The summed E-state index contributed by atoms with van der Waals surface area (Å²) in [6.45, 7) is 5.05. The Morgan fingerprint density at radius 3 is 2.24 bits per heavy atom. The quantitative estimate of drug-likeness (QED) is 0.398. The highest BCUT2D eigenvalue weighted by molar-refractivity contribution is 8.00. The molecule has 1 N–H and O–H groups in total. The van der Waals surface area contributed by atoms with Crippen molar-refractivity contribution in [3.05, 3.63) is 102 Å². The molecule has 2 amide bonds. The molecule has 0 fully saturated rings. The van der Waals surface area contributed by atoms with Crippen molar-refractivity contribution in [3.63, 3.8) is 0 Å². The molecule has 172 valence electrons. The molecule has 0 bridgehead atoms. The van der Waals surface area contributed by atoms with Crippen LogP contribution in [-0.4, -0.2) is 35.1 Å². The fourth-order valence-corrected chi connectivity index (χ4v) is 4.48. The summed E-state index contributed by atoms with van der Waals surface area (Å²) in [5, 5.41) is 3.02. The summed E-state index contributed by atoms with van der Waals surface area (Å²) in [4.78, 5) is 29.6. The highest BCUT2D eigenvalue weighted by Gasteiger charge is 2.30. The Labute approximate surface area is 201 Å². The maximum atomic E-state index is 13.5. The van der Waals surface area contributed by atoms with Crippen molar-refractivity contribution in [2.75, 3.05) is 12.3 Å². The zero-order chi connectivity index (χ0) is 23.5. The number of rotatable bonds is 11. The van der Waals surface area contributed by atoms with Gasteiger partial charge in [0.2, 0.25) is 11.8 Å².